The summed E-state index contributed by atoms with van der Waals surface area (Å²) >= 11 is 0. The van der Waals surface area contributed by atoms with E-state index in [4.69, 9.17) is 4.74 Å². The van der Waals surface area contributed by atoms with E-state index in [0.29, 0.717) is 13.0 Å². The Bertz CT molecular complexity index is 986. The third kappa shape index (κ3) is 4.43. The fraction of sp³-hybridized carbons (Fsp3) is 0.542. The molecule has 33 heavy (non-hydrogen) atoms. The van der Waals surface area contributed by atoms with Gasteiger partial charge in [-0.15, -0.1) is 0 Å². The highest BCUT2D eigenvalue weighted by atomic mass is 19.4. The number of carbonyl (C=O) groups excluding carboxylic acids is 3. The van der Waals surface area contributed by atoms with Gasteiger partial charge in [0.2, 0.25) is 5.54 Å². The predicted octanol–water partition coefficient (Wildman–Crippen LogP) is 3.90. The Kier molecular flexibility index (Phi) is 6.50. The summed E-state index contributed by atoms with van der Waals surface area (Å²) in [6, 6.07) is 6.13. The number of ketones is 1. The van der Waals surface area contributed by atoms with Crippen LogP contribution in [0.3, 0.4) is 0 Å². The average molecular weight is 467 g/mol. The van der Waals surface area contributed by atoms with Crippen LogP contribution >= 0.6 is 0 Å². The molecule has 2 atom stereocenters. The SMILES string of the molecule is CC(=O)C1=C(C)N(C[C@@H]2CCCO2)C(=O)[C@@]1(NC(=O)c1ccc(C(C)(C)C)cc1)C(F)(F)F. The number of nitrogens with one attached hydrogen (secondary N) is 1. The van der Waals surface area contributed by atoms with Gasteiger partial charge in [0.15, 0.2) is 5.78 Å². The number of halogens is 3. The molecule has 3 rings (SSSR count). The standard InChI is InChI=1S/C24H29F3N2O4/c1-14-19(15(2)30)23(24(25,26)27,21(32)29(14)13-18-7-6-12-33-18)28-20(31)16-8-10-17(11-9-16)22(3,4)5/h8-11,18H,6-7,12-13H2,1-5H3,(H,28,31)/t18-,23+/m0/s1. The maximum Gasteiger partial charge on any atom is 0.425 e. The number of rotatable bonds is 5. The number of carbonyl (C=O) groups is 3. The first-order valence-corrected chi connectivity index (χ1v) is 10.9. The zero-order chi connectivity index (χ0) is 24.8. The molecule has 2 aliphatic rings. The molecule has 1 fully saturated rings. The summed E-state index contributed by atoms with van der Waals surface area (Å²) in [6.07, 6.45) is -4.33. The van der Waals surface area contributed by atoms with Crippen LogP contribution in [0.1, 0.15) is 63.4 Å². The Morgan fingerprint density at radius 2 is 1.79 bits per heavy atom. The van der Waals surface area contributed by atoms with Crippen molar-refractivity contribution in [3.8, 4) is 0 Å². The van der Waals surface area contributed by atoms with Gasteiger partial charge >= 0.3 is 6.18 Å². The Morgan fingerprint density at radius 3 is 2.24 bits per heavy atom. The summed E-state index contributed by atoms with van der Waals surface area (Å²) in [5.41, 5.74) is -3.71. The number of Topliss-reactive ketones (excluding diaryl/α,β-unsaturated/α-hetero) is 1. The molecule has 0 spiro atoms. The summed E-state index contributed by atoms with van der Waals surface area (Å²) in [5.74, 6) is -3.42. The van der Waals surface area contributed by atoms with E-state index in [1.807, 2.05) is 26.1 Å². The fourth-order valence-electron chi connectivity index (χ4n) is 4.41. The largest absolute Gasteiger partial charge is 0.425 e. The molecule has 0 radical (unpaired) electrons. The lowest BCUT2D eigenvalue weighted by molar-refractivity contribution is -0.191. The van der Waals surface area contributed by atoms with Crippen molar-refractivity contribution in [3.05, 3.63) is 46.7 Å². The summed E-state index contributed by atoms with van der Waals surface area (Å²) < 4.78 is 49.1. The molecule has 2 aliphatic heterocycles. The molecule has 0 aromatic heterocycles. The molecular weight excluding hydrogens is 437 g/mol. The van der Waals surface area contributed by atoms with Crippen LogP contribution in [-0.2, 0) is 19.7 Å². The highest BCUT2D eigenvalue weighted by Crippen LogP contribution is 2.45. The Labute approximate surface area is 191 Å². The minimum atomic E-state index is -5.24. The van der Waals surface area contributed by atoms with Crippen molar-refractivity contribution in [1.29, 1.82) is 0 Å². The zero-order valence-corrected chi connectivity index (χ0v) is 19.4. The first kappa shape index (κ1) is 25.0. The smallest absolute Gasteiger partial charge is 0.376 e. The Morgan fingerprint density at radius 1 is 1.18 bits per heavy atom. The summed E-state index contributed by atoms with van der Waals surface area (Å²) in [7, 11) is 0. The summed E-state index contributed by atoms with van der Waals surface area (Å²) in [4.78, 5) is 39.5. The number of hydrogen-bond donors (Lipinski definition) is 1. The van der Waals surface area contributed by atoms with Gasteiger partial charge in [0.25, 0.3) is 11.8 Å². The van der Waals surface area contributed by atoms with Gasteiger partial charge in [-0.05, 0) is 49.8 Å². The highest BCUT2D eigenvalue weighted by molar-refractivity contribution is 6.13. The van der Waals surface area contributed by atoms with Crippen molar-refractivity contribution in [2.24, 2.45) is 0 Å². The van der Waals surface area contributed by atoms with Crippen LogP contribution in [0.4, 0.5) is 13.2 Å². The van der Waals surface area contributed by atoms with E-state index in [1.54, 1.807) is 12.1 Å². The van der Waals surface area contributed by atoms with Gasteiger partial charge in [-0.3, -0.25) is 14.4 Å². The van der Waals surface area contributed by atoms with Crippen LogP contribution in [0.15, 0.2) is 35.5 Å². The van der Waals surface area contributed by atoms with E-state index >= 15 is 0 Å². The normalized spacial score (nSPS) is 23.9. The fourth-order valence-corrected chi connectivity index (χ4v) is 4.41. The highest BCUT2D eigenvalue weighted by Gasteiger charge is 2.70. The number of ether oxygens (including phenoxy) is 1. The molecule has 1 aromatic rings. The number of amides is 2. The van der Waals surface area contributed by atoms with Gasteiger partial charge < -0.3 is 15.0 Å². The molecule has 6 nitrogen and oxygen atoms in total. The maximum absolute atomic E-state index is 14.6. The second kappa shape index (κ2) is 8.59. The van der Waals surface area contributed by atoms with E-state index in [2.05, 4.69) is 0 Å². The first-order chi connectivity index (χ1) is 15.2. The van der Waals surface area contributed by atoms with E-state index in [0.717, 1.165) is 23.8 Å². The molecular formula is C24H29F3N2O4. The van der Waals surface area contributed by atoms with Crippen molar-refractivity contribution in [2.45, 2.75) is 70.7 Å². The second-order valence-electron chi connectivity index (χ2n) is 9.60. The first-order valence-electron chi connectivity index (χ1n) is 10.9. The second-order valence-corrected chi connectivity index (χ2v) is 9.60. The lowest BCUT2D eigenvalue weighted by Crippen LogP contribution is -2.66. The Balaban J connectivity index is 2.02. The number of alkyl halides is 3. The average Bonchev–Trinajstić information content (AvgIpc) is 3.28. The number of nitrogens with zero attached hydrogens (tertiary/aromatic N) is 1. The third-order valence-corrected chi connectivity index (χ3v) is 6.21. The number of allylic oxidation sites excluding steroid dienone is 1. The molecule has 180 valence electrons. The predicted molar refractivity (Wildman–Crippen MR) is 115 cm³/mol. The topological polar surface area (TPSA) is 75.7 Å². The van der Waals surface area contributed by atoms with Gasteiger partial charge in [0.1, 0.15) is 0 Å². The van der Waals surface area contributed by atoms with Gasteiger partial charge in [0, 0.05) is 17.9 Å². The molecule has 2 heterocycles. The lowest BCUT2D eigenvalue weighted by Gasteiger charge is -2.33. The van der Waals surface area contributed by atoms with Crippen LogP contribution in [0.25, 0.3) is 0 Å². The van der Waals surface area contributed by atoms with Gasteiger partial charge in [-0.1, -0.05) is 32.9 Å². The molecule has 9 heteroatoms. The lowest BCUT2D eigenvalue weighted by atomic mass is 9.85. The quantitative estimate of drug-likeness (QED) is 0.714. The van der Waals surface area contributed by atoms with Gasteiger partial charge in [0.05, 0.1) is 18.2 Å². The molecule has 0 aliphatic carbocycles. The van der Waals surface area contributed by atoms with Crippen LogP contribution < -0.4 is 5.32 Å². The summed E-state index contributed by atoms with van der Waals surface area (Å²) in [6.45, 7) is 8.50. The van der Waals surface area contributed by atoms with E-state index in [1.165, 1.54) is 19.1 Å². The van der Waals surface area contributed by atoms with Gasteiger partial charge in [-0.25, -0.2) is 0 Å². The van der Waals surface area contributed by atoms with E-state index < -0.39 is 41.0 Å². The van der Waals surface area contributed by atoms with Crippen molar-refractivity contribution in [2.75, 3.05) is 13.2 Å². The van der Waals surface area contributed by atoms with Crippen molar-refractivity contribution in [3.63, 3.8) is 0 Å². The monoisotopic (exact) mass is 466 g/mol. The van der Waals surface area contributed by atoms with Crippen LogP contribution in [0, 0.1) is 0 Å². The van der Waals surface area contributed by atoms with Crippen molar-refractivity contribution in [1.82, 2.24) is 10.2 Å². The number of hydrogen-bond acceptors (Lipinski definition) is 4. The molecule has 0 unspecified atom stereocenters. The van der Waals surface area contributed by atoms with Crippen LogP contribution in [0.5, 0.6) is 0 Å². The minimum absolute atomic E-state index is 0.0439. The van der Waals surface area contributed by atoms with Gasteiger partial charge in [-0.2, -0.15) is 13.2 Å². The molecule has 1 aromatic carbocycles. The maximum atomic E-state index is 14.6. The van der Waals surface area contributed by atoms with Crippen LogP contribution in [0.2, 0.25) is 0 Å². The molecule has 0 bridgehead atoms. The van der Waals surface area contributed by atoms with Crippen molar-refractivity contribution < 1.29 is 32.3 Å². The van der Waals surface area contributed by atoms with Crippen molar-refractivity contribution >= 4 is 17.6 Å². The third-order valence-electron chi connectivity index (χ3n) is 6.21. The summed E-state index contributed by atoms with van der Waals surface area (Å²) in [5, 5.41) is 1.90. The number of benzene rings is 1. The van der Waals surface area contributed by atoms with E-state index in [-0.39, 0.29) is 23.2 Å². The minimum Gasteiger partial charge on any atom is -0.376 e. The zero-order valence-electron chi connectivity index (χ0n) is 19.4. The van der Waals surface area contributed by atoms with Crippen LogP contribution in [-0.4, -0.2) is 53.5 Å². The molecule has 1 saturated heterocycles. The molecule has 2 amide bonds. The molecule has 0 saturated carbocycles. The van der Waals surface area contributed by atoms with E-state index in [9.17, 15) is 27.6 Å². The Hall–Kier alpha value is -2.68. The molecule has 1 N–H and O–H groups in total.